The van der Waals surface area contributed by atoms with Gasteiger partial charge in [-0.15, -0.1) is 0 Å². The van der Waals surface area contributed by atoms with Crippen molar-refractivity contribution in [2.75, 3.05) is 0 Å². The van der Waals surface area contributed by atoms with E-state index < -0.39 is 11.6 Å². The van der Waals surface area contributed by atoms with Crippen LogP contribution in [0.25, 0.3) is 10.9 Å². The van der Waals surface area contributed by atoms with Crippen LogP contribution in [-0.4, -0.2) is 27.8 Å². The molecule has 2 rings (SSSR count). The number of nitrogens with zero attached hydrogens (tertiary/aromatic N) is 2. The Morgan fingerprint density at radius 1 is 1.35 bits per heavy atom. The Bertz CT molecular complexity index is 520. The molecule has 0 amide bonds. The van der Waals surface area contributed by atoms with Crippen LogP contribution in [0.5, 0.6) is 0 Å². The fourth-order valence-electron chi connectivity index (χ4n) is 1.51. The van der Waals surface area contributed by atoms with Gasteiger partial charge in [0.25, 0.3) is 0 Å². The maximum atomic E-state index is 13.5. The largest absolute Gasteiger partial charge is 0.356 e. The van der Waals surface area contributed by atoms with Crippen molar-refractivity contribution in [1.82, 2.24) is 9.78 Å². The normalized spacial score (nSPS) is 11.2. The maximum absolute atomic E-state index is 13.5. The number of aromatic nitrogens is 2. The van der Waals surface area contributed by atoms with Crippen molar-refractivity contribution in [1.29, 1.82) is 0 Å². The van der Waals surface area contributed by atoms with Crippen LogP contribution in [0.3, 0.4) is 0 Å². The number of aliphatic hydroxyl groups is 2. The van der Waals surface area contributed by atoms with Crippen LogP contribution in [0.1, 0.15) is 19.4 Å². The molecule has 90 valence electrons. The lowest BCUT2D eigenvalue weighted by molar-refractivity contribution is -0.157. The zero-order valence-corrected chi connectivity index (χ0v) is 9.98. The third kappa shape index (κ3) is 2.65. The fourth-order valence-corrected chi connectivity index (χ4v) is 1.51. The highest BCUT2D eigenvalue weighted by atomic mass is 19.1. The summed E-state index contributed by atoms with van der Waals surface area (Å²) in [5, 5.41) is 22.4. The van der Waals surface area contributed by atoms with Crippen molar-refractivity contribution < 1.29 is 14.6 Å². The molecule has 17 heavy (non-hydrogen) atoms. The second-order valence-electron chi connectivity index (χ2n) is 3.43. The lowest BCUT2D eigenvalue weighted by atomic mass is 10.0. The van der Waals surface area contributed by atoms with Gasteiger partial charge in [0.2, 0.25) is 5.81 Å². The summed E-state index contributed by atoms with van der Waals surface area (Å²) in [7, 11) is 5.02. The van der Waals surface area contributed by atoms with Gasteiger partial charge in [0.1, 0.15) is 11.3 Å². The Balaban J connectivity index is 0.000000686. The van der Waals surface area contributed by atoms with Crippen LogP contribution in [0.2, 0.25) is 0 Å². The summed E-state index contributed by atoms with van der Waals surface area (Å²) in [6.07, 6.45) is 1.32. The van der Waals surface area contributed by atoms with E-state index in [-0.39, 0.29) is 5.52 Å². The number of benzene rings is 1. The van der Waals surface area contributed by atoms with E-state index in [1.807, 2.05) is 13.8 Å². The minimum atomic E-state index is -2.70. The molecule has 0 aliphatic heterocycles. The van der Waals surface area contributed by atoms with Gasteiger partial charge in [0.05, 0.1) is 6.20 Å². The highest BCUT2D eigenvalue weighted by Crippen LogP contribution is 2.22. The molecular formula is C11H14BFN2O2. The Morgan fingerprint density at radius 3 is 2.47 bits per heavy atom. The first-order valence-corrected chi connectivity index (χ1v) is 5.27. The third-order valence-corrected chi connectivity index (χ3v) is 2.07. The van der Waals surface area contributed by atoms with E-state index >= 15 is 0 Å². The number of fused-ring (bicyclic) bond motifs is 1. The van der Waals surface area contributed by atoms with E-state index in [0.717, 1.165) is 5.56 Å². The summed E-state index contributed by atoms with van der Waals surface area (Å²) in [6, 6.07) is 2.94. The number of aryl methyl sites for hydroxylation is 1. The third-order valence-electron chi connectivity index (χ3n) is 2.07. The zero-order valence-electron chi connectivity index (χ0n) is 9.98. The number of rotatable bonds is 1. The molecule has 0 saturated carbocycles. The number of halogens is 1. The molecule has 0 aliphatic carbocycles. The lowest BCUT2D eigenvalue weighted by Gasteiger charge is -2.18. The molecule has 0 bridgehead atoms. The molecule has 2 aromatic rings. The van der Waals surface area contributed by atoms with E-state index in [1.165, 1.54) is 12.3 Å². The SMILES string of the molecule is CC.[B]C(O)(O)n1ncc2cc(C)cc(F)c21. The summed E-state index contributed by atoms with van der Waals surface area (Å²) in [5.74, 6) is -3.29. The average molecular weight is 236 g/mol. The Morgan fingerprint density at radius 2 is 1.94 bits per heavy atom. The van der Waals surface area contributed by atoms with Crippen LogP contribution in [-0.2, 0) is 5.81 Å². The number of hydrogen-bond acceptors (Lipinski definition) is 3. The fraction of sp³-hybridized carbons (Fsp3) is 0.364. The van der Waals surface area contributed by atoms with Crippen molar-refractivity contribution in [3.63, 3.8) is 0 Å². The molecule has 0 atom stereocenters. The minimum Gasteiger partial charge on any atom is -0.356 e. The van der Waals surface area contributed by atoms with E-state index in [4.69, 9.17) is 18.1 Å². The van der Waals surface area contributed by atoms with Gasteiger partial charge < -0.3 is 10.2 Å². The molecule has 4 nitrogen and oxygen atoms in total. The molecule has 0 saturated heterocycles. The van der Waals surface area contributed by atoms with E-state index in [1.54, 1.807) is 13.0 Å². The molecule has 0 spiro atoms. The standard InChI is InChI=1S/C9H8BFN2O2.C2H6/c1-5-2-6-4-12-13(9(10,14)15)8(6)7(11)3-5;1-2/h2-4,14-15H,1H3;1-2H3. The summed E-state index contributed by atoms with van der Waals surface area (Å²) >= 11 is 0. The maximum Gasteiger partial charge on any atom is 0.208 e. The zero-order chi connectivity index (χ0) is 13.2. The van der Waals surface area contributed by atoms with Crippen LogP contribution in [0, 0.1) is 12.7 Å². The van der Waals surface area contributed by atoms with Gasteiger partial charge in [0.15, 0.2) is 7.85 Å². The molecule has 2 radical (unpaired) electrons. The van der Waals surface area contributed by atoms with Crippen molar-refractivity contribution in [2.24, 2.45) is 0 Å². The van der Waals surface area contributed by atoms with Gasteiger partial charge in [-0.3, -0.25) is 0 Å². The molecule has 2 N–H and O–H groups in total. The monoisotopic (exact) mass is 236 g/mol. The molecule has 0 unspecified atom stereocenters. The van der Waals surface area contributed by atoms with Crippen molar-refractivity contribution in [3.05, 3.63) is 29.7 Å². The predicted molar refractivity (Wildman–Crippen MR) is 63.9 cm³/mol. The van der Waals surface area contributed by atoms with Crippen molar-refractivity contribution in [2.45, 2.75) is 26.6 Å². The van der Waals surface area contributed by atoms with Crippen molar-refractivity contribution >= 4 is 18.7 Å². The smallest absolute Gasteiger partial charge is 0.208 e. The second-order valence-corrected chi connectivity index (χ2v) is 3.43. The molecule has 1 aromatic carbocycles. The van der Waals surface area contributed by atoms with E-state index in [2.05, 4.69) is 5.10 Å². The van der Waals surface area contributed by atoms with Crippen LogP contribution in [0.15, 0.2) is 18.3 Å². The second kappa shape index (κ2) is 4.85. The molecule has 0 aliphatic rings. The van der Waals surface area contributed by atoms with Crippen LogP contribution < -0.4 is 0 Å². The van der Waals surface area contributed by atoms with Crippen molar-refractivity contribution in [3.8, 4) is 0 Å². The quantitative estimate of drug-likeness (QED) is 0.578. The first kappa shape index (κ1) is 13.7. The topological polar surface area (TPSA) is 58.3 Å². The average Bonchev–Trinajstić information content (AvgIpc) is 2.63. The highest BCUT2D eigenvalue weighted by Gasteiger charge is 2.22. The van der Waals surface area contributed by atoms with Gasteiger partial charge in [-0.25, -0.2) is 9.07 Å². The summed E-state index contributed by atoms with van der Waals surface area (Å²) in [4.78, 5) is 0. The molecule has 1 aromatic heterocycles. The van der Waals surface area contributed by atoms with Gasteiger partial charge >= 0.3 is 0 Å². The van der Waals surface area contributed by atoms with E-state index in [9.17, 15) is 4.39 Å². The molecule has 6 heteroatoms. The lowest BCUT2D eigenvalue weighted by Crippen LogP contribution is -2.34. The molecule has 0 fully saturated rings. The number of hydrogen-bond donors (Lipinski definition) is 2. The first-order valence-electron chi connectivity index (χ1n) is 5.27. The summed E-state index contributed by atoms with van der Waals surface area (Å²) in [5.41, 5.74) is 0.686. The predicted octanol–water partition coefficient (Wildman–Crippen LogP) is 1.23. The summed E-state index contributed by atoms with van der Waals surface area (Å²) in [6.45, 7) is 5.73. The van der Waals surface area contributed by atoms with Gasteiger partial charge in [-0.1, -0.05) is 13.8 Å². The minimum absolute atomic E-state index is 0.0342. The Hall–Kier alpha value is -1.40. The Labute approximate surface area is 100 Å². The van der Waals surface area contributed by atoms with Gasteiger partial charge in [-0.2, -0.15) is 5.10 Å². The first-order chi connectivity index (χ1) is 7.89. The van der Waals surface area contributed by atoms with E-state index in [0.29, 0.717) is 10.1 Å². The van der Waals surface area contributed by atoms with Crippen LogP contribution >= 0.6 is 0 Å². The van der Waals surface area contributed by atoms with Crippen LogP contribution in [0.4, 0.5) is 4.39 Å². The Kier molecular flexibility index (Phi) is 3.90. The summed E-state index contributed by atoms with van der Waals surface area (Å²) < 4.78 is 14.2. The highest BCUT2D eigenvalue weighted by molar-refractivity contribution is 6.11. The molecular weight excluding hydrogens is 222 g/mol. The molecule has 1 heterocycles. The van der Waals surface area contributed by atoms with Gasteiger partial charge in [-0.05, 0) is 24.6 Å². The van der Waals surface area contributed by atoms with Gasteiger partial charge in [0, 0.05) is 5.39 Å².